The molecule has 0 saturated heterocycles. The molecule has 0 fully saturated rings. The Morgan fingerprint density at radius 2 is 1.64 bits per heavy atom. The van der Waals surface area contributed by atoms with E-state index in [1.54, 1.807) is 48.5 Å². The topological polar surface area (TPSA) is 90.7 Å². The third-order valence-corrected chi connectivity index (χ3v) is 5.90. The highest BCUT2D eigenvalue weighted by atomic mass is 19.3. The van der Waals surface area contributed by atoms with E-state index in [0.717, 1.165) is 4.90 Å². The van der Waals surface area contributed by atoms with Crippen LogP contribution >= 0.6 is 0 Å². The monoisotopic (exact) mass is 491 g/mol. The van der Waals surface area contributed by atoms with Crippen molar-refractivity contribution in [1.29, 1.82) is 0 Å². The van der Waals surface area contributed by atoms with Gasteiger partial charge < -0.3 is 9.47 Å². The second-order valence-electron chi connectivity index (χ2n) is 8.02. The lowest BCUT2D eigenvalue weighted by Crippen LogP contribution is -2.29. The highest BCUT2D eigenvalue weighted by Gasteiger charge is 2.35. The van der Waals surface area contributed by atoms with Gasteiger partial charge in [-0.2, -0.15) is 8.78 Å². The third-order valence-electron chi connectivity index (χ3n) is 5.90. The fourth-order valence-corrected chi connectivity index (χ4v) is 4.20. The van der Waals surface area contributed by atoms with Crippen LogP contribution in [0.3, 0.4) is 0 Å². The Kier molecular flexibility index (Phi) is 5.93. The Morgan fingerprint density at radius 3 is 2.31 bits per heavy atom. The SMILES string of the molecule is COc1ccc(CN2C(=O)c3ccccc3C2=O)cc1C(=O)OCc1nc2ccccc2n1C(F)F. The van der Waals surface area contributed by atoms with Crippen LogP contribution in [0.15, 0.2) is 66.7 Å². The number of imidazole rings is 1. The van der Waals surface area contributed by atoms with Gasteiger partial charge in [-0.15, -0.1) is 0 Å². The molecule has 1 aromatic heterocycles. The van der Waals surface area contributed by atoms with Gasteiger partial charge in [0, 0.05) is 0 Å². The first kappa shape index (κ1) is 23.2. The Bertz CT molecular complexity index is 1480. The second-order valence-corrected chi connectivity index (χ2v) is 8.02. The first-order chi connectivity index (χ1) is 17.4. The van der Waals surface area contributed by atoms with E-state index in [0.29, 0.717) is 26.8 Å². The van der Waals surface area contributed by atoms with E-state index in [2.05, 4.69) is 4.98 Å². The molecule has 0 spiro atoms. The summed E-state index contributed by atoms with van der Waals surface area (Å²) in [6, 6.07) is 17.5. The largest absolute Gasteiger partial charge is 0.496 e. The predicted molar refractivity (Wildman–Crippen MR) is 124 cm³/mol. The fraction of sp³-hybridized carbons (Fsp3) is 0.154. The Balaban J connectivity index is 1.37. The van der Waals surface area contributed by atoms with Crippen molar-refractivity contribution in [3.63, 3.8) is 0 Å². The number of benzene rings is 3. The van der Waals surface area contributed by atoms with Crippen molar-refractivity contribution in [2.24, 2.45) is 0 Å². The highest BCUT2D eigenvalue weighted by Crippen LogP contribution is 2.28. The second kappa shape index (κ2) is 9.21. The average Bonchev–Trinajstić information content (AvgIpc) is 3.38. The van der Waals surface area contributed by atoms with Crippen molar-refractivity contribution in [2.75, 3.05) is 7.11 Å². The van der Waals surface area contributed by atoms with E-state index < -0.39 is 30.9 Å². The molecule has 0 N–H and O–H groups in total. The minimum atomic E-state index is -2.87. The van der Waals surface area contributed by atoms with E-state index in [-0.39, 0.29) is 29.2 Å². The number of aromatic nitrogens is 2. The van der Waals surface area contributed by atoms with Gasteiger partial charge >= 0.3 is 12.5 Å². The predicted octanol–water partition coefficient (Wildman–Crippen LogP) is 4.59. The van der Waals surface area contributed by atoms with Crippen LogP contribution in [0.1, 0.15) is 49.0 Å². The standard InChI is InChI=1S/C26H19F2N3O5/c1-35-21-11-10-15(13-30-23(32)16-6-2-3-7-17(16)24(30)33)12-18(21)25(34)36-14-22-29-19-8-4-5-9-20(19)31(22)26(27)28/h2-12,26H,13-14H2,1H3. The molecule has 5 rings (SSSR count). The molecule has 0 unspecified atom stereocenters. The number of fused-ring (bicyclic) bond motifs is 2. The third kappa shape index (κ3) is 3.96. The van der Waals surface area contributed by atoms with Gasteiger partial charge in [0.1, 0.15) is 17.9 Å². The number of amides is 2. The molecule has 1 aliphatic rings. The van der Waals surface area contributed by atoms with E-state index in [4.69, 9.17) is 9.47 Å². The Hall–Kier alpha value is -4.60. The van der Waals surface area contributed by atoms with Crippen LogP contribution in [0.2, 0.25) is 0 Å². The van der Waals surface area contributed by atoms with Gasteiger partial charge in [0.05, 0.1) is 35.8 Å². The van der Waals surface area contributed by atoms with E-state index in [1.165, 1.54) is 25.3 Å². The maximum absolute atomic E-state index is 13.7. The van der Waals surface area contributed by atoms with Crippen LogP contribution in [-0.4, -0.2) is 39.3 Å². The number of hydrogen-bond acceptors (Lipinski definition) is 6. The smallest absolute Gasteiger partial charge is 0.342 e. The normalized spacial score (nSPS) is 12.9. The number of hydrogen-bond donors (Lipinski definition) is 0. The maximum Gasteiger partial charge on any atom is 0.342 e. The molecular weight excluding hydrogens is 472 g/mol. The van der Waals surface area contributed by atoms with Gasteiger partial charge in [-0.05, 0) is 42.0 Å². The minimum Gasteiger partial charge on any atom is -0.496 e. The molecule has 8 nitrogen and oxygen atoms in total. The van der Waals surface area contributed by atoms with Crippen LogP contribution in [0.25, 0.3) is 11.0 Å². The summed E-state index contributed by atoms with van der Waals surface area (Å²) in [5.74, 6) is -1.61. The first-order valence-electron chi connectivity index (χ1n) is 10.9. The lowest BCUT2D eigenvalue weighted by molar-refractivity contribution is 0.0384. The number of carbonyl (C=O) groups excluding carboxylic acids is 3. The van der Waals surface area contributed by atoms with Gasteiger partial charge in [0.15, 0.2) is 5.82 Å². The summed E-state index contributed by atoms with van der Waals surface area (Å²) >= 11 is 0. The van der Waals surface area contributed by atoms with Gasteiger partial charge in [-0.25, -0.2) is 9.78 Å². The molecule has 0 bridgehead atoms. The van der Waals surface area contributed by atoms with Crippen molar-refractivity contribution in [2.45, 2.75) is 19.7 Å². The molecule has 1 aliphatic heterocycles. The Labute approximate surface area is 203 Å². The Morgan fingerprint density at radius 1 is 0.972 bits per heavy atom. The summed E-state index contributed by atoms with van der Waals surface area (Å²) < 4.78 is 38.6. The van der Waals surface area contributed by atoms with Gasteiger partial charge in [0.2, 0.25) is 0 Å². The zero-order valence-electron chi connectivity index (χ0n) is 19.0. The molecule has 2 amide bonds. The van der Waals surface area contributed by atoms with Crippen molar-refractivity contribution >= 4 is 28.8 Å². The number of halogens is 2. The van der Waals surface area contributed by atoms with Crippen LogP contribution < -0.4 is 4.74 Å². The number of carbonyl (C=O) groups is 3. The number of imide groups is 1. The molecule has 0 aliphatic carbocycles. The summed E-state index contributed by atoms with van der Waals surface area (Å²) in [7, 11) is 1.37. The molecule has 0 atom stereocenters. The van der Waals surface area contributed by atoms with Crippen molar-refractivity contribution in [1.82, 2.24) is 14.5 Å². The van der Waals surface area contributed by atoms with Crippen molar-refractivity contribution < 1.29 is 32.6 Å². The summed E-state index contributed by atoms with van der Waals surface area (Å²) in [5.41, 5.74) is 1.71. The number of esters is 1. The fourth-order valence-electron chi connectivity index (χ4n) is 4.20. The molecule has 4 aromatic rings. The van der Waals surface area contributed by atoms with Crippen molar-refractivity contribution in [3.8, 4) is 5.75 Å². The van der Waals surface area contributed by atoms with Crippen LogP contribution in [0.4, 0.5) is 8.78 Å². The number of para-hydroxylation sites is 2. The maximum atomic E-state index is 13.7. The molecule has 36 heavy (non-hydrogen) atoms. The summed E-state index contributed by atoms with van der Waals surface area (Å²) in [4.78, 5) is 43.5. The number of nitrogens with zero attached hydrogens (tertiary/aromatic N) is 3. The van der Waals surface area contributed by atoms with Crippen LogP contribution in [0.5, 0.6) is 5.75 Å². The molecule has 10 heteroatoms. The molecule has 182 valence electrons. The quantitative estimate of drug-likeness (QED) is 0.277. The van der Waals surface area contributed by atoms with E-state index in [9.17, 15) is 23.2 Å². The zero-order chi connectivity index (χ0) is 25.4. The zero-order valence-corrected chi connectivity index (χ0v) is 19.0. The van der Waals surface area contributed by atoms with Crippen LogP contribution in [0, 0.1) is 0 Å². The summed E-state index contributed by atoms with van der Waals surface area (Å²) in [6.07, 6.45) is 0. The number of ether oxygens (including phenoxy) is 2. The van der Waals surface area contributed by atoms with Gasteiger partial charge in [-0.1, -0.05) is 30.3 Å². The van der Waals surface area contributed by atoms with E-state index in [1.807, 2.05) is 0 Å². The van der Waals surface area contributed by atoms with Gasteiger partial charge in [0.25, 0.3) is 11.8 Å². The van der Waals surface area contributed by atoms with Gasteiger partial charge in [-0.3, -0.25) is 19.1 Å². The number of rotatable bonds is 7. The highest BCUT2D eigenvalue weighted by molar-refractivity contribution is 6.21. The van der Waals surface area contributed by atoms with Crippen LogP contribution in [-0.2, 0) is 17.9 Å². The molecular formula is C26H19F2N3O5. The number of methoxy groups -OCH3 is 1. The molecule has 0 radical (unpaired) electrons. The molecule has 0 saturated carbocycles. The minimum absolute atomic E-state index is 0.0197. The number of alkyl halides is 2. The summed E-state index contributed by atoms with van der Waals surface area (Å²) in [6.45, 7) is -3.44. The average molecular weight is 491 g/mol. The summed E-state index contributed by atoms with van der Waals surface area (Å²) in [5, 5.41) is 0. The molecule has 3 aromatic carbocycles. The first-order valence-corrected chi connectivity index (χ1v) is 10.9. The van der Waals surface area contributed by atoms with E-state index >= 15 is 0 Å². The molecule has 2 heterocycles. The lowest BCUT2D eigenvalue weighted by Gasteiger charge is -2.16. The van der Waals surface area contributed by atoms with Crippen molar-refractivity contribution in [3.05, 3.63) is 94.8 Å². The lowest BCUT2D eigenvalue weighted by atomic mass is 10.1.